The number of hydrogen-bond acceptors (Lipinski definition) is 4. The third-order valence-electron chi connectivity index (χ3n) is 6.85. The molecule has 1 atom stereocenters. The third kappa shape index (κ3) is 5.41. The number of alkyl carbamates (subject to hydrolysis) is 1. The van der Waals surface area contributed by atoms with Crippen molar-refractivity contribution in [3.8, 4) is 11.1 Å². The molecule has 3 N–H and O–H groups in total. The Morgan fingerprint density at radius 1 is 1.03 bits per heavy atom. The first-order chi connectivity index (χ1) is 16.3. The molecule has 0 aromatic heterocycles. The third-order valence-corrected chi connectivity index (χ3v) is 6.85. The fourth-order valence-electron chi connectivity index (χ4n) is 4.50. The van der Waals surface area contributed by atoms with Crippen molar-refractivity contribution in [2.24, 2.45) is 11.3 Å². The van der Waals surface area contributed by atoms with Crippen LogP contribution in [0.15, 0.2) is 48.5 Å². The first-order valence-corrected chi connectivity index (χ1v) is 11.9. The molecule has 0 aliphatic heterocycles. The van der Waals surface area contributed by atoms with Crippen LogP contribution < -0.4 is 10.6 Å². The number of carbonyl (C=O) groups is 3. The van der Waals surface area contributed by atoms with Crippen LogP contribution in [-0.4, -0.2) is 42.3 Å². The molecule has 2 aromatic carbocycles. The largest absolute Gasteiger partial charge is 0.480 e. The molecule has 2 aliphatic carbocycles. The van der Waals surface area contributed by atoms with Gasteiger partial charge in [-0.2, -0.15) is 0 Å². The fraction of sp³-hybridized carbons (Fsp3) is 0.444. The maximum Gasteiger partial charge on any atom is 0.407 e. The summed E-state index contributed by atoms with van der Waals surface area (Å²) in [5, 5.41) is 14.8. The van der Waals surface area contributed by atoms with E-state index in [1.165, 1.54) is 11.1 Å². The lowest BCUT2D eigenvalue weighted by Gasteiger charge is -2.26. The maximum atomic E-state index is 12.7. The number of ether oxygens (including phenoxy) is 1. The van der Waals surface area contributed by atoms with Gasteiger partial charge in [-0.15, -0.1) is 0 Å². The van der Waals surface area contributed by atoms with Gasteiger partial charge in [0, 0.05) is 17.9 Å². The lowest BCUT2D eigenvalue weighted by molar-refractivity contribution is -0.143. The average molecular weight is 465 g/mol. The normalized spacial score (nSPS) is 15.7. The number of carboxylic acid groups (broad SMARTS) is 1. The van der Waals surface area contributed by atoms with E-state index in [2.05, 4.69) is 34.9 Å². The van der Waals surface area contributed by atoms with Gasteiger partial charge in [0.15, 0.2) is 0 Å². The molecule has 0 saturated heterocycles. The van der Waals surface area contributed by atoms with Crippen molar-refractivity contribution >= 4 is 18.0 Å². The Bertz CT molecular complexity index is 1030. The van der Waals surface area contributed by atoms with Crippen molar-refractivity contribution in [1.29, 1.82) is 0 Å². The summed E-state index contributed by atoms with van der Waals surface area (Å²) in [5.41, 5.74) is 3.80. The van der Waals surface area contributed by atoms with E-state index in [-0.39, 0.29) is 25.0 Å². The van der Waals surface area contributed by atoms with Crippen LogP contribution in [0, 0.1) is 11.3 Å². The van der Waals surface area contributed by atoms with E-state index in [0.29, 0.717) is 18.8 Å². The fourth-order valence-corrected chi connectivity index (χ4v) is 4.50. The van der Waals surface area contributed by atoms with Gasteiger partial charge in [-0.25, -0.2) is 9.59 Å². The summed E-state index contributed by atoms with van der Waals surface area (Å²) in [7, 11) is 0. The number of amides is 2. The summed E-state index contributed by atoms with van der Waals surface area (Å²) in [6, 6.07) is 15.4. The van der Waals surface area contributed by atoms with Gasteiger partial charge in [0.05, 0.1) is 0 Å². The molecule has 7 nitrogen and oxygen atoms in total. The zero-order valence-electron chi connectivity index (χ0n) is 19.7. The second-order valence-corrected chi connectivity index (χ2v) is 9.93. The van der Waals surface area contributed by atoms with E-state index in [4.69, 9.17) is 4.74 Å². The molecule has 2 aliphatic rings. The molecule has 2 amide bonds. The van der Waals surface area contributed by atoms with Crippen molar-refractivity contribution in [3.63, 3.8) is 0 Å². The molecule has 0 heterocycles. The van der Waals surface area contributed by atoms with Gasteiger partial charge in [-0.05, 0) is 41.0 Å². The van der Waals surface area contributed by atoms with Crippen LogP contribution in [0.4, 0.5) is 4.79 Å². The first-order valence-electron chi connectivity index (χ1n) is 11.9. The molecular weight excluding hydrogens is 432 g/mol. The summed E-state index contributed by atoms with van der Waals surface area (Å²) in [6.07, 6.45) is 2.34. The van der Waals surface area contributed by atoms with Crippen LogP contribution in [0.2, 0.25) is 0 Å². The number of nitrogens with one attached hydrogen (secondary N) is 2. The number of aliphatic carboxylic acids is 1. The number of hydrogen-bond donors (Lipinski definition) is 3. The van der Waals surface area contributed by atoms with E-state index >= 15 is 0 Å². The predicted molar refractivity (Wildman–Crippen MR) is 128 cm³/mol. The molecule has 1 fully saturated rings. The molecule has 1 saturated carbocycles. The van der Waals surface area contributed by atoms with Gasteiger partial charge in [0.25, 0.3) is 0 Å². The maximum absolute atomic E-state index is 12.7. The van der Waals surface area contributed by atoms with Gasteiger partial charge >= 0.3 is 12.1 Å². The zero-order valence-corrected chi connectivity index (χ0v) is 19.7. The molecule has 2 aromatic rings. The minimum atomic E-state index is -1.01. The summed E-state index contributed by atoms with van der Waals surface area (Å²) in [6.45, 7) is 3.97. The number of fused-ring (bicyclic) bond motifs is 3. The Kier molecular flexibility index (Phi) is 6.91. The lowest BCUT2D eigenvalue weighted by atomic mass is 9.87. The monoisotopic (exact) mass is 464 g/mol. The highest BCUT2D eigenvalue weighted by atomic mass is 16.5. The second kappa shape index (κ2) is 9.87. The Labute approximate surface area is 199 Å². The molecule has 0 unspecified atom stereocenters. The quantitative estimate of drug-likeness (QED) is 0.486. The lowest BCUT2D eigenvalue weighted by Crippen LogP contribution is -2.47. The Balaban J connectivity index is 1.26. The molecule has 0 radical (unpaired) electrons. The summed E-state index contributed by atoms with van der Waals surface area (Å²) >= 11 is 0. The van der Waals surface area contributed by atoms with E-state index < -0.39 is 23.5 Å². The standard InChI is InChI=1S/C27H32N2O5/c1-27(2,25(32)29-23(24(30)31)15-17-11-12-17)13-14-28-26(33)34-16-22-20-9-5-3-7-18(20)19-8-4-6-10-21(19)22/h3-10,17,22-23H,11-16H2,1-2H3,(H,28,33)(H,29,32)(H,30,31)/t23-/m0/s1. The highest BCUT2D eigenvalue weighted by molar-refractivity contribution is 5.87. The highest BCUT2D eigenvalue weighted by Crippen LogP contribution is 2.44. The zero-order chi connectivity index (χ0) is 24.3. The molecule has 34 heavy (non-hydrogen) atoms. The van der Waals surface area contributed by atoms with E-state index in [9.17, 15) is 19.5 Å². The minimum absolute atomic E-state index is 0.0141. The minimum Gasteiger partial charge on any atom is -0.480 e. The topological polar surface area (TPSA) is 105 Å². The molecule has 4 rings (SSSR count). The van der Waals surface area contributed by atoms with E-state index in [1.807, 2.05) is 24.3 Å². The van der Waals surface area contributed by atoms with Gasteiger partial charge in [0.1, 0.15) is 12.6 Å². The Morgan fingerprint density at radius 3 is 2.18 bits per heavy atom. The van der Waals surface area contributed by atoms with Gasteiger partial charge in [-0.1, -0.05) is 75.2 Å². The molecule has 7 heteroatoms. The average Bonchev–Trinajstić information content (AvgIpc) is 3.57. The highest BCUT2D eigenvalue weighted by Gasteiger charge is 2.35. The van der Waals surface area contributed by atoms with Crippen LogP contribution in [0.3, 0.4) is 0 Å². The van der Waals surface area contributed by atoms with Crippen molar-refractivity contribution < 1.29 is 24.2 Å². The van der Waals surface area contributed by atoms with Crippen LogP contribution in [0.25, 0.3) is 11.1 Å². The molecular formula is C27H32N2O5. The summed E-state index contributed by atoms with van der Waals surface area (Å²) in [5.74, 6) is -0.956. The van der Waals surface area contributed by atoms with Gasteiger partial charge < -0.3 is 20.5 Å². The van der Waals surface area contributed by atoms with Crippen molar-refractivity contribution in [2.45, 2.75) is 51.5 Å². The number of benzene rings is 2. The number of carbonyl (C=O) groups excluding carboxylic acids is 2. The number of rotatable bonds is 10. The summed E-state index contributed by atoms with van der Waals surface area (Å²) in [4.78, 5) is 36.5. The van der Waals surface area contributed by atoms with Crippen LogP contribution in [0.1, 0.15) is 56.6 Å². The molecule has 180 valence electrons. The Morgan fingerprint density at radius 2 is 1.62 bits per heavy atom. The second-order valence-electron chi connectivity index (χ2n) is 9.93. The first kappa shape index (κ1) is 23.8. The van der Waals surface area contributed by atoms with Gasteiger partial charge in [-0.3, -0.25) is 4.79 Å². The van der Waals surface area contributed by atoms with Crippen LogP contribution >= 0.6 is 0 Å². The molecule has 0 bridgehead atoms. The van der Waals surface area contributed by atoms with Crippen molar-refractivity contribution in [3.05, 3.63) is 59.7 Å². The Hall–Kier alpha value is -3.35. The SMILES string of the molecule is CC(C)(CCNC(=O)OCC1c2ccccc2-c2ccccc21)C(=O)N[C@@H](CC1CC1)C(=O)O. The van der Waals surface area contributed by atoms with Crippen LogP contribution in [-0.2, 0) is 14.3 Å². The van der Waals surface area contributed by atoms with E-state index in [0.717, 1.165) is 24.0 Å². The summed E-state index contributed by atoms with van der Waals surface area (Å²) < 4.78 is 5.53. The predicted octanol–water partition coefficient (Wildman–Crippen LogP) is 4.31. The van der Waals surface area contributed by atoms with Crippen LogP contribution in [0.5, 0.6) is 0 Å². The van der Waals surface area contributed by atoms with Gasteiger partial charge in [0.2, 0.25) is 5.91 Å². The van der Waals surface area contributed by atoms with Crippen molar-refractivity contribution in [2.75, 3.05) is 13.2 Å². The van der Waals surface area contributed by atoms with Crippen molar-refractivity contribution in [1.82, 2.24) is 10.6 Å². The van der Waals surface area contributed by atoms with E-state index in [1.54, 1.807) is 13.8 Å². The number of carboxylic acids is 1. The smallest absolute Gasteiger partial charge is 0.407 e. The molecule has 0 spiro atoms.